The molecular weight excluding hydrogens is 238 g/mol. The highest BCUT2D eigenvalue weighted by atomic mass is 15.3. The Morgan fingerprint density at radius 3 is 2.74 bits per heavy atom. The van der Waals surface area contributed by atoms with Crippen LogP contribution in [0.5, 0.6) is 0 Å². The van der Waals surface area contributed by atoms with Crippen molar-refractivity contribution < 1.29 is 0 Å². The number of rotatable bonds is 3. The molecule has 1 saturated heterocycles. The summed E-state index contributed by atoms with van der Waals surface area (Å²) in [6.45, 7) is 12.0. The number of nitrogens with zero attached hydrogens (tertiary/aromatic N) is 3. The number of nitrogen functional groups attached to an aromatic ring is 1. The molecule has 1 unspecified atom stereocenters. The first kappa shape index (κ1) is 14.2. The number of aryl methyl sites for hydroxylation is 1. The smallest absolute Gasteiger partial charge is 0.145 e. The van der Waals surface area contributed by atoms with Crippen molar-refractivity contribution in [2.45, 2.75) is 40.7 Å². The first-order chi connectivity index (χ1) is 8.88. The number of hydrogen-bond acceptors (Lipinski definition) is 5. The number of nitrogens with two attached hydrogens (primary N) is 1. The number of aromatic nitrogens is 2. The van der Waals surface area contributed by atoms with Gasteiger partial charge in [0.15, 0.2) is 0 Å². The Bertz CT molecular complexity index is 438. The van der Waals surface area contributed by atoms with Gasteiger partial charge < -0.3 is 5.43 Å². The Morgan fingerprint density at radius 2 is 2.16 bits per heavy atom. The maximum absolute atomic E-state index is 5.42. The first-order valence-corrected chi connectivity index (χ1v) is 6.92. The molecular formula is C14H25N5. The molecule has 0 aliphatic carbocycles. The first-order valence-electron chi connectivity index (χ1n) is 6.92. The van der Waals surface area contributed by atoms with Crippen LogP contribution in [0.3, 0.4) is 0 Å². The van der Waals surface area contributed by atoms with Crippen LogP contribution in [0, 0.1) is 18.3 Å². The molecule has 2 heterocycles. The minimum Gasteiger partial charge on any atom is -0.308 e. The van der Waals surface area contributed by atoms with Gasteiger partial charge in [0.05, 0.1) is 6.54 Å². The van der Waals surface area contributed by atoms with Crippen molar-refractivity contribution in [3.8, 4) is 0 Å². The van der Waals surface area contributed by atoms with Crippen LogP contribution in [-0.2, 0) is 6.54 Å². The third-order valence-electron chi connectivity index (χ3n) is 3.91. The van der Waals surface area contributed by atoms with Gasteiger partial charge in [-0.15, -0.1) is 0 Å². The average molecular weight is 263 g/mol. The molecule has 19 heavy (non-hydrogen) atoms. The SMILES string of the molecule is Cc1cc(NN)nc(CN2CCC(C(C)(C)C)C2)n1. The number of nitrogens with one attached hydrogen (secondary N) is 1. The van der Waals surface area contributed by atoms with E-state index in [2.05, 4.69) is 41.1 Å². The van der Waals surface area contributed by atoms with Crippen molar-refractivity contribution in [2.75, 3.05) is 18.5 Å². The van der Waals surface area contributed by atoms with Gasteiger partial charge in [-0.2, -0.15) is 0 Å². The van der Waals surface area contributed by atoms with Crippen LogP contribution < -0.4 is 11.3 Å². The Morgan fingerprint density at radius 1 is 1.42 bits per heavy atom. The molecule has 5 heteroatoms. The molecule has 1 atom stereocenters. The Balaban J connectivity index is 2.01. The monoisotopic (exact) mass is 263 g/mol. The summed E-state index contributed by atoms with van der Waals surface area (Å²) >= 11 is 0. The standard InChI is InChI=1S/C14H25N5/c1-10-7-12(18-15)17-13(16-10)9-19-6-5-11(8-19)14(2,3)4/h7,11H,5-6,8-9,15H2,1-4H3,(H,16,17,18). The van der Waals surface area contributed by atoms with Gasteiger partial charge in [0.1, 0.15) is 11.6 Å². The van der Waals surface area contributed by atoms with E-state index >= 15 is 0 Å². The van der Waals surface area contributed by atoms with Crippen LogP contribution in [0.4, 0.5) is 5.82 Å². The molecule has 106 valence electrons. The fourth-order valence-electron chi connectivity index (χ4n) is 2.66. The van der Waals surface area contributed by atoms with Crippen LogP contribution in [-0.4, -0.2) is 28.0 Å². The Hall–Kier alpha value is -1.20. The average Bonchev–Trinajstić information content (AvgIpc) is 2.76. The maximum atomic E-state index is 5.42. The second-order valence-corrected chi connectivity index (χ2v) is 6.54. The molecule has 0 radical (unpaired) electrons. The zero-order valence-corrected chi connectivity index (χ0v) is 12.4. The quantitative estimate of drug-likeness (QED) is 0.644. The van der Waals surface area contributed by atoms with E-state index in [-0.39, 0.29) is 0 Å². The van der Waals surface area contributed by atoms with Gasteiger partial charge in [-0.25, -0.2) is 15.8 Å². The molecule has 0 saturated carbocycles. The summed E-state index contributed by atoms with van der Waals surface area (Å²) in [5.74, 6) is 7.71. The van der Waals surface area contributed by atoms with Crippen molar-refractivity contribution in [3.05, 3.63) is 17.6 Å². The van der Waals surface area contributed by atoms with E-state index in [1.807, 2.05) is 13.0 Å². The van der Waals surface area contributed by atoms with Crippen LogP contribution >= 0.6 is 0 Å². The lowest BCUT2D eigenvalue weighted by molar-refractivity contribution is 0.224. The number of hydrogen-bond donors (Lipinski definition) is 2. The van der Waals surface area contributed by atoms with Crippen LogP contribution in [0.1, 0.15) is 38.7 Å². The fourth-order valence-corrected chi connectivity index (χ4v) is 2.66. The van der Waals surface area contributed by atoms with Crippen molar-refractivity contribution in [3.63, 3.8) is 0 Å². The van der Waals surface area contributed by atoms with E-state index < -0.39 is 0 Å². The van der Waals surface area contributed by atoms with Gasteiger partial charge in [0, 0.05) is 18.3 Å². The predicted octanol–water partition coefficient (Wildman–Crippen LogP) is 1.94. The largest absolute Gasteiger partial charge is 0.308 e. The van der Waals surface area contributed by atoms with Crippen molar-refractivity contribution in [1.82, 2.24) is 14.9 Å². The van der Waals surface area contributed by atoms with Gasteiger partial charge in [0.2, 0.25) is 0 Å². The highest BCUT2D eigenvalue weighted by molar-refractivity contribution is 5.33. The lowest BCUT2D eigenvalue weighted by Crippen LogP contribution is -2.26. The summed E-state index contributed by atoms with van der Waals surface area (Å²) in [6, 6.07) is 1.85. The second-order valence-electron chi connectivity index (χ2n) is 6.54. The molecule has 0 aromatic carbocycles. The summed E-state index contributed by atoms with van der Waals surface area (Å²) in [7, 11) is 0. The summed E-state index contributed by atoms with van der Waals surface area (Å²) in [6.07, 6.45) is 1.26. The molecule has 0 spiro atoms. The van der Waals surface area contributed by atoms with E-state index in [1.54, 1.807) is 0 Å². The molecule has 3 N–H and O–H groups in total. The predicted molar refractivity (Wildman–Crippen MR) is 77.4 cm³/mol. The Kier molecular flexibility index (Phi) is 4.06. The minimum atomic E-state index is 0.381. The Labute approximate surface area is 115 Å². The third-order valence-corrected chi connectivity index (χ3v) is 3.91. The normalized spacial score (nSPS) is 20.8. The van der Waals surface area contributed by atoms with E-state index in [1.165, 1.54) is 6.42 Å². The summed E-state index contributed by atoms with van der Waals surface area (Å²) in [5, 5.41) is 0. The van der Waals surface area contributed by atoms with Gasteiger partial charge >= 0.3 is 0 Å². The highest BCUT2D eigenvalue weighted by Crippen LogP contribution is 2.33. The van der Waals surface area contributed by atoms with E-state index in [0.29, 0.717) is 11.2 Å². The molecule has 5 nitrogen and oxygen atoms in total. The van der Waals surface area contributed by atoms with Crippen molar-refractivity contribution >= 4 is 5.82 Å². The van der Waals surface area contributed by atoms with E-state index in [4.69, 9.17) is 5.84 Å². The number of likely N-dealkylation sites (tertiary alicyclic amines) is 1. The molecule has 1 aliphatic heterocycles. The minimum absolute atomic E-state index is 0.381. The van der Waals surface area contributed by atoms with Gasteiger partial charge in [-0.1, -0.05) is 20.8 Å². The summed E-state index contributed by atoms with van der Waals surface area (Å²) < 4.78 is 0. The molecule has 0 bridgehead atoms. The van der Waals surface area contributed by atoms with E-state index in [0.717, 1.165) is 37.1 Å². The highest BCUT2D eigenvalue weighted by Gasteiger charge is 2.31. The van der Waals surface area contributed by atoms with Crippen molar-refractivity contribution in [2.24, 2.45) is 17.2 Å². The van der Waals surface area contributed by atoms with Crippen LogP contribution in [0.15, 0.2) is 6.07 Å². The van der Waals surface area contributed by atoms with Crippen LogP contribution in [0.25, 0.3) is 0 Å². The number of anilines is 1. The molecule has 2 rings (SSSR count). The fraction of sp³-hybridized carbons (Fsp3) is 0.714. The van der Waals surface area contributed by atoms with E-state index in [9.17, 15) is 0 Å². The maximum Gasteiger partial charge on any atom is 0.145 e. The zero-order chi connectivity index (χ0) is 14.0. The lowest BCUT2D eigenvalue weighted by atomic mass is 9.80. The topological polar surface area (TPSA) is 67.1 Å². The lowest BCUT2D eigenvalue weighted by Gasteiger charge is -2.27. The molecule has 1 aliphatic rings. The molecule has 0 amide bonds. The van der Waals surface area contributed by atoms with Gasteiger partial charge in [0.25, 0.3) is 0 Å². The van der Waals surface area contributed by atoms with Gasteiger partial charge in [-0.05, 0) is 31.2 Å². The second kappa shape index (κ2) is 5.43. The molecule has 1 aromatic rings. The molecule has 1 fully saturated rings. The molecule has 1 aromatic heterocycles. The van der Waals surface area contributed by atoms with Crippen LogP contribution in [0.2, 0.25) is 0 Å². The third kappa shape index (κ3) is 3.64. The zero-order valence-electron chi connectivity index (χ0n) is 12.4. The summed E-state index contributed by atoms with van der Waals surface area (Å²) in [5.41, 5.74) is 3.93. The van der Waals surface area contributed by atoms with Gasteiger partial charge in [-0.3, -0.25) is 4.90 Å². The summed E-state index contributed by atoms with van der Waals surface area (Å²) in [4.78, 5) is 11.3. The number of hydrazine groups is 1. The van der Waals surface area contributed by atoms with Crippen molar-refractivity contribution in [1.29, 1.82) is 0 Å².